The van der Waals surface area contributed by atoms with Gasteiger partial charge in [0.25, 0.3) is 10.0 Å². The third-order valence-electron chi connectivity index (χ3n) is 4.92. The summed E-state index contributed by atoms with van der Waals surface area (Å²) in [4.78, 5) is 27.3. The topological polar surface area (TPSA) is 101 Å². The summed E-state index contributed by atoms with van der Waals surface area (Å²) in [7, 11) is -2.16. The molecule has 1 aliphatic rings. The van der Waals surface area contributed by atoms with Gasteiger partial charge >= 0.3 is 0 Å². The lowest BCUT2D eigenvalue weighted by Gasteiger charge is -2.20. The highest BCUT2D eigenvalue weighted by Crippen LogP contribution is 2.31. The number of benzene rings is 1. The summed E-state index contributed by atoms with van der Waals surface area (Å²) in [6.07, 6.45) is 2.98. The van der Waals surface area contributed by atoms with Crippen molar-refractivity contribution in [1.29, 1.82) is 0 Å². The Morgan fingerprint density at radius 3 is 2.48 bits per heavy atom. The van der Waals surface area contributed by atoms with Crippen LogP contribution in [0.25, 0.3) is 0 Å². The van der Waals surface area contributed by atoms with E-state index in [4.69, 9.17) is 0 Å². The Morgan fingerprint density at radius 2 is 1.90 bits per heavy atom. The molecule has 0 unspecified atom stereocenters. The van der Waals surface area contributed by atoms with Gasteiger partial charge < -0.3 is 14.7 Å². The van der Waals surface area contributed by atoms with Crippen molar-refractivity contribution in [3.8, 4) is 0 Å². The van der Waals surface area contributed by atoms with Crippen LogP contribution in [0.15, 0.2) is 41.8 Å². The van der Waals surface area contributed by atoms with E-state index in [9.17, 15) is 22.4 Å². The molecular formula is C19H23FN4O4S. The number of amides is 1. The number of aryl methyl sites for hydroxylation is 1. The first-order chi connectivity index (χ1) is 13.7. The first-order valence-corrected chi connectivity index (χ1v) is 10.6. The number of hydrogen-bond acceptors (Lipinski definition) is 5. The van der Waals surface area contributed by atoms with Crippen molar-refractivity contribution in [2.45, 2.75) is 36.8 Å². The lowest BCUT2D eigenvalue weighted by atomic mass is 9.94. The van der Waals surface area contributed by atoms with E-state index in [1.807, 2.05) is 0 Å². The molecule has 1 saturated heterocycles. The van der Waals surface area contributed by atoms with Crippen molar-refractivity contribution in [3.05, 3.63) is 48.2 Å². The normalized spacial score (nSPS) is 20.0. The molecule has 0 spiro atoms. The maximum atomic E-state index is 13.3. The number of sulfonamides is 1. The quantitative estimate of drug-likeness (QED) is 0.723. The van der Waals surface area contributed by atoms with Gasteiger partial charge in [-0.05, 0) is 24.6 Å². The average Bonchev–Trinajstić information content (AvgIpc) is 3.28. The first-order valence-electron chi connectivity index (χ1n) is 9.19. The van der Waals surface area contributed by atoms with Gasteiger partial charge in [-0.3, -0.25) is 4.79 Å². The smallest absolute Gasteiger partial charge is 0.262 e. The van der Waals surface area contributed by atoms with Gasteiger partial charge in [0.2, 0.25) is 5.91 Å². The second kappa shape index (κ2) is 8.42. The Labute approximate surface area is 168 Å². The molecule has 0 aliphatic carbocycles. The second-order valence-electron chi connectivity index (χ2n) is 7.23. The highest BCUT2D eigenvalue weighted by Gasteiger charge is 2.41. The molecule has 0 saturated carbocycles. The molecule has 1 amide bonds. The number of nitrogens with one attached hydrogen (secondary N) is 1. The number of hydrogen-bond donors (Lipinski definition) is 1. The molecule has 1 aromatic heterocycles. The monoisotopic (exact) mass is 422 g/mol. The molecule has 2 atom stereocenters. The summed E-state index contributed by atoms with van der Waals surface area (Å²) in [6, 6.07) is 5.29. The number of ketones is 1. The Kier molecular flexibility index (Phi) is 6.13. The average molecular weight is 422 g/mol. The van der Waals surface area contributed by atoms with Crippen LogP contribution >= 0.6 is 0 Å². The van der Waals surface area contributed by atoms with E-state index in [-0.39, 0.29) is 48.6 Å². The number of nitrogens with zero attached hydrogens (tertiary/aromatic N) is 3. The minimum absolute atomic E-state index is 0.0367. The van der Waals surface area contributed by atoms with Crippen molar-refractivity contribution in [1.82, 2.24) is 19.2 Å². The minimum atomic E-state index is -3.84. The van der Waals surface area contributed by atoms with Crippen LogP contribution < -0.4 is 5.32 Å². The molecule has 1 N–H and O–H groups in total. The molecule has 8 nitrogen and oxygen atoms in total. The molecule has 10 heteroatoms. The van der Waals surface area contributed by atoms with Crippen LogP contribution in [0.4, 0.5) is 4.39 Å². The van der Waals surface area contributed by atoms with Crippen LogP contribution in [0.1, 0.15) is 31.2 Å². The van der Waals surface area contributed by atoms with Gasteiger partial charge in [-0.2, -0.15) is 4.31 Å². The van der Waals surface area contributed by atoms with Crippen LogP contribution in [0.3, 0.4) is 0 Å². The van der Waals surface area contributed by atoms with Crippen molar-refractivity contribution in [2.75, 3.05) is 13.1 Å². The van der Waals surface area contributed by atoms with Crippen LogP contribution in [-0.2, 0) is 26.7 Å². The highest BCUT2D eigenvalue weighted by atomic mass is 32.2. The summed E-state index contributed by atoms with van der Waals surface area (Å²) in [6.45, 7) is 1.60. The first kappa shape index (κ1) is 21.1. The maximum Gasteiger partial charge on any atom is 0.262 e. The number of Topliss-reactive ketones (excluding diaryl/α,β-unsaturated/α-hetero) is 1. The Bertz CT molecular complexity index is 1000. The van der Waals surface area contributed by atoms with Gasteiger partial charge in [0, 0.05) is 45.1 Å². The fraction of sp³-hybridized carbons (Fsp3) is 0.421. The minimum Gasteiger partial charge on any atom is -0.351 e. The van der Waals surface area contributed by atoms with Crippen molar-refractivity contribution >= 4 is 21.7 Å². The van der Waals surface area contributed by atoms with Crippen LogP contribution in [0.2, 0.25) is 0 Å². The maximum absolute atomic E-state index is 13.3. The van der Waals surface area contributed by atoms with E-state index in [1.54, 1.807) is 23.7 Å². The Morgan fingerprint density at radius 1 is 1.21 bits per heavy atom. The van der Waals surface area contributed by atoms with E-state index in [0.717, 1.165) is 5.56 Å². The van der Waals surface area contributed by atoms with Gasteiger partial charge in [-0.25, -0.2) is 17.8 Å². The molecule has 29 heavy (non-hydrogen) atoms. The number of imidazole rings is 1. The second-order valence-corrected chi connectivity index (χ2v) is 9.12. The zero-order chi connectivity index (χ0) is 21.2. The Hall–Kier alpha value is -2.59. The molecule has 0 bridgehead atoms. The SMILES string of the molecule is CC(=O)CCC(=O)N[C@H]1CN(S(=O)(=O)c2cn(C)cn2)C[C@@H]1c1ccc(F)cc1. The van der Waals surface area contributed by atoms with Gasteiger partial charge in [0.15, 0.2) is 5.03 Å². The lowest BCUT2D eigenvalue weighted by molar-refractivity contribution is -0.125. The number of halogens is 1. The fourth-order valence-corrected chi connectivity index (χ4v) is 4.84. The zero-order valence-electron chi connectivity index (χ0n) is 16.2. The van der Waals surface area contributed by atoms with E-state index < -0.39 is 21.9 Å². The molecule has 156 valence electrons. The van der Waals surface area contributed by atoms with E-state index in [1.165, 1.54) is 35.9 Å². The van der Waals surface area contributed by atoms with Crippen LogP contribution in [0, 0.1) is 5.82 Å². The number of carbonyl (C=O) groups is 2. The van der Waals surface area contributed by atoms with Gasteiger partial charge in [-0.1, -0.05) is 12.1 Å². The predicted molar refractivity (Wildman–Crippen MR) is 103 cm³/mol. The molecule has 1 aromatic carbocycles. The van der Waals surface area contributed by atoms with E-state index in [0.29, 0.717) is 0 Å². The van der Waals surface area contributed by atoms with Gasteiger partial charge in [0.1, 0.15) is 11.6 Å². The lowest BCUT2D eigenvalue weighted by Crippen LogP contribution is -2.40. The third kappa shape index (κ3) is 4.88. The largest absolute Gasteiger partial charge is 0.351 e. The summed E-state index contributed by atoms with van der Waals surface area (Å²) < 4.78 is 42.1. The standard InChI is InChI=1S/C19H23FN4O4S/c1-13(25)3-8-18(26)22-17-10-24(29(27,28)19-11-23(2)12-21-19)9-16(17)14-4-6-15(20)7-5-14/h4-7,11-12,16-17H,3,8-10H2,1-2H3,(H,22,26)/t16-,17+/m1/s1. The number of rotatable bonds is 7. The summed E-state index contributed by atoms with van der Waals surface area (Å²) in [5.74, 6) is -1.17. The fourth-order valence-electron chi connectivity index (χ4n) is 3.38. The molecular weight excluding hydrogens is 399 g/mol. The van der Waals surface area contributed by atoms with Gasteiger partial charge in [-0.15, -0.1) is 0 Å². The van der Waals surface area contributed by atoms with Crippen molar-refractivity contribution in [2.24, 2.45) is 7.05 Å². The van der Waals surface area contributed by atoms with Gasteiger partial charge in [0.05, 0.1) is 12.4 Å². The summed E-state index contributed by atoms with van der Waals surface area (Å²) >= 11 is 0. The van der Waals surface area contributed by atoms with Crippen LogP contribution in [-0.4, -0.2) is 53.1 Å². The zero-order valence-corrected chi connectivity index (χ0v) is 17.0. The molecule has 1 fully saturated rings. The summed E-state index contributed by atoms with van der Waals surface area (Å²) in [5, 5.41) is 2.77. The molecule has 2 heterocycles. The van der Waals surface area contributed by atoms with Crippen molar-refractivity contribution < 1.29 is 22.4 Å². The predicted octanol–water partition coefficient (Wildman–Crippen LogP) is 1.20. The molecule has 1 aliphatic heterocycles. The van der Waals surface area contributed by atoms with Crippen LogP contribution in [0.5, 0.6) is 0 Å². The third-order valence-corrected chi connectivity index (χ3v) is 6.64. The molecule has 0 radical (unpaired) electrons. The Balaban J connectivity index is 1.84. The van der Waals surface area contributed by atoms with E-state index in [2.05, 4.69) is 10.3 Å². The van der Waals surface area contributed by atoms with Crippen molar-refractivity contribution in [3.63, 3.8) is 0 Å². The van der Waals surface area contributed by atoms with E-state index >= 15 is 0 Å². The molecule has 3 rings (SSSR count). The summed E-state index contributed by atoms with van der Waals surface area (Å²) in [5.41, 5.74) is 0.724. The number of aromatic nitrogens is 2. The molecule has 2 aromatic rings. The highest BCUT2D eigenvalue weighted by molar-refractivity contribution is 7.89. The number of carbonyl (C=O) groups excluding carboxylic acids is 2.